The molecule has 78 valence electrons. The number of carbonyl (C=O) groups is 1. The van der Waals surface area contributed by atoms with E-state index in [0.29, 0.717) is 0 Å². The lowest BCUT2D eigenvalue weighted by atomic mass is 10.1. The molecule has 0 aromatic carbocycles. The van der Waals surface area contributed by atoms with Crippen molar-refractivity contribution in [1.82, 2.24) is 0 Å². The number of hydrogen-bond acceptors (Lipinski definition) is 1. The second-order valence-electron chi connectivity index (χ2n) is 3.11. The number of alkyl halides is 2. The van der Waals surface area contributed by atoms with Crippen molar-refractivity contribution < 1.29 is 9.90 Å². The second-order valence-corrected chi connectivity index (χ2v) is 5.27. The molecule has 4 heteroatoms. The quantitative estimate of drug-likeness (QED) is 0.576. The minimum Gasteiger partial charge on any atom is -0.480 e. The summed E-state index contributed by atoms with van der Waals surface area (Å²) < 4.78 is 0. The van der Waals surface area contributed by atoms with Crippen molar-refractivity contribution in [3.63, 3.8) is 0 Å². The summed E-state index contributed by atoms with van der Waals surface area (Å²) >= 11 is 6.50. The average molecular weight is 316 g/mol. The average Bonchev–Trinajstić information content (AvgIpc) is 2.10. The molecule has 0 fully saturated rings. The Balaban J connectivity index is 3.50. The molecule has 0 aliphatic rings. The Labute approximate surface area is 96.3 Å². The molecule has 0 saturated carbocycles. The molecule has 0 aromatic heterocycles. The van der Waals surface area contributed by atoms with E-state index in [2.05, 4.69) is 38.8 Å². The SMILES string of the molecule is CCCCCC[C@H](Br)[C@H](Br)C(=O)O. The Morgan fingerprint density at radius 2 is 1.92 bits per heavy atom. The van der Waals surface area contributed by atoms with Crippen LogP contribution in [0.3, 0.4) is 0 Å². The van der Waals surface area contributed by atoms with Crippen molar-refractivity contribution in [1.29, 1.82) is 0 Å². The molecule has 2 atom stereocenters. The number of unbranched alkanes of at least 4 members (excludes halogenated alkanes) is 3. The van der Waals surface area contributed by atoms with Crippen molar-refractivity contribution in [3.8, 4) is 0 Å². The lowest BCUT2D eigenvalue weighted by Crippen LogP contribution is -2.23. The van der Waals surface area contributed by atoms with E-state index in [1.807, 2.05) is 0 Å². The smallest absolute Gasteiger partial charge is 0.318 e. The standard InChI is InChI=1S/C9H16Br2O2/c1-2-3-4-5-6-7(10)8(11)9(12)13/h7-8H,2-6H2,1H3,(H,12,13)/t7-,8-/m0/s1. The third-order valence-corrected chi connectivity index (χ3v) is 4.61. The molecule has 2 nitrogen and oxygen atoms in total. The predicted molar refractivity (Wildman–Crippen MR) is 61.8 cm³/mol. The molecule has 0 bridgehead atoms. The molecule has 0 spiro atoms. The van der Waals surface area contributed by atoms with Crippen LogP contribution in [0.1, 0.15) is 39.0 Å². The van der Waals surface area contributed by atoms with Gasteiger partial charge in [0.15, 0.2) is 0 Å². The summed E-state index contributed by atoms with van der Waals surface area (Å²) in [6.07, 6.45) is 5.66. The third kappa shape index (κ3) is 6.49. The number of rotatable bonds is 7. The summed E-state index contributed by atoms with van der Waals surface area (Å²) in [5.41, 5.74) is 0. The van der Waals surface area contributed by atoms with Crippen LogP contribution in [0, 0.1) is 0 Å². The van der Waals surface area contributed by atoms with Crippen LogP contribution in [-0.4, -0.2) is 20.7 Å². The molecule has 1 N–H and O–H groups in total. The topological polar surface area (TPSA) is 37.3 Å². The Bertz CT molecular complexity index is 151. The van der Waals surface area contributed by atoms with E-state index in [4.69, 9.17) is 5.11 Å². The number of halogens is 2. The first kappa shape index (κ1) is 13.4. The minimum atomic E-state index is -0.794. The van der Waals surface area contributed by atoms with E-state index in [0.717, 1.165) is 12.8 Å². The molecule has 0 aliphatic carbocycles. The van der Waals surface area contributed by atoms with Crippen molar-refractivity contribution in [3.05, 3.63) is 0 Å². The van der Waals surface area contributed by atoms with Crippen molar-refractivity contribution in [2.45, 2.75) is 48.7 Å². The Kier molecular flexibility index (Phi) is 8.06. The Hall–Kier alpha value is 0.430. The van der Waals surface area contributed by atoms with Crippen LogP contribution >= 0.6 is 31.9 Å². The summed E-state index contributed by atoms with van der Waals surface area (Å²) in [5, 5.41) is 8.68. The fourth-order valence-corrected chi connectivity index (χ4v) is 1.88. The van der Waals surface area contributed by atoms with Gasteiger partial charge in [-0.25, -0.2) is 0 Å². The van der Waals surface area contributed by atoms with Crippen LogP contribution < -0.4 is 0 Å². The zero-order chi connectivity index (χ0) is 10.3. The lowest BCUT2D eigenvalue weighted by molar-refractivity contribution is -0.136. The molecule has 0 aliphatic heterocycles. The highest BCUT2D eigenvalue weighted by molar-refractivity contribution is 9.12. The van der Waals surface area contributed by atoms with Gasteiger partial charge in [0.2, 0.25) is 0 Å². The summed E-state index contributed by atoms with van der Waals surface area (Å²) in [6.45, 7) is 2.16. The van der Waals surface area contributed by atoms with Gasteiger partial charge in [0.1, 0.15) is 4.83 Å². The lowest BCUT2D eigenvalue weighted by Gasteiger charge is -2.11. The molecule has 0 amide bonds. The fraction of sp³-hybridized carbons (Fsp3) is 0.889. The second kappa shape index (κ2) is 7.80. The summed E-state index contributed by atoms with van der Waals surface area (Å²) in [6, 6.07) is 0. The van der Waals surface area contributed by atoms with Crippen molar-refractivity contribution >= 4 is 37.8 Å². The first-order valence-corrected chi connectivity index (χ1v) is 6.43. The molecular formula is C9H16Br2O2. The van der Waals surface area contributed by atoms with Crippen LogP contribution in [0.25, 0.3) is 0 Å². The number of hydrogen-bond donors (Lipinski definition) is 1. The third-order valence-electron chi connectivity index (χ3n) is 1.89. The highest BCUT2D eigenvalue weighted by Gasteiger charge is 2.21. The normalized spacial score (nSPS) is 15.3. The molecular weight excluding hydrogens is 300 g/mol. The molecule has 0 radical (unpaired) electrons. The number of carboxylic acids is 1. The maximum atomic E-state index is 10.6. The van der Waals surface area contributed by atoms with Gasteiger partial charge in [-0.05, 0) is 6.42 Å². The van der Waals surface area contributed by atoms with Gasteiger partial charge in [0.25, 0.3) is 0 Å². The van der Waals surface area contributed by atoms with Gasteiger partial charge in [0.05, 0.1) is 0 Å². The molecule has 0 heterocycles. The Morgan fingerprint density at radius 3 is 2.38 bits per heavy atom. The van der Waals surface area contributed by atoms with Crippen LogP contribution in [0.4, 0.5) is 0 Å². The first-order valence-electron chi connectivity index (χ1n) is 4.60. The first-order chi connectivity index (χ1) is 6.09. The van der Waals surface area contributed by atoms with Crippen molar-refractivity contribution in [2.24, 2.45) is 0 Å². The van der Waals surface area contributed by atoms with Gasteiger partial charge in [-0.15, -0.1) is 0 Å². The molecule has 0 unspecified atom stereocenters. The van der Waals surface area contributed by atoms with E-state index in [-0.39, 0.29) is 4.83 Å². The monoisotopic (exact) mass is 314 g/mol. The fourth-order valence-electron chi connectivity index (χ4n) is 1.07. The highest BCUT2D eigenvalue weighted by atomic mass is 79.9. The van der Waals surface area contributed by atoms with Crippen LogP contribution in [0.15, 0.2) is 0 Å². The van der Waals surface area contributed by atoms with Gasteiger partial charge < -0.3 is 5.11 Å². The zero-order valence-corrected chi connectivity index (χ0v) is 11.0. The molecule has 0 aromatic rings. The van der Waals surface area contributed by atoms with Crippen molar-refractivity contribution in [2.75, 3.05) is 0 Å². The van der Waals surface area contributed by atoms with E-state index in [9.17, 15) is 4.79 Å². The Morgan fingerprint density at radius 1 is 1.31 bits per heavy atom. The maximum Gasteiger partial charge on any atom is 0.318 e. The van der Waals surface area contributed by atoms with Crippen LogP contribution in [-0.2, 0) is 4.79 Å². The zero-order valence-electron chi connectivity index (χ0n) is 7.80. The largest absolute Gasteiger partial charge is 0.480 e. The van der Waals surface area contributed by atoms with E-state index in [1.165, 1.54) is 19.3 Å². The maximum absolute atomic E-state index is 10.6. The minimum absolute atomic E-state index is 0.0434. The van der Waals surface area contributed by atoms with Crippen LogP contribution in [0.2, 0.25) is 0 Å². The molecule has 0 saturated heterocycles. The van der Waals surface area contributed by atoms with Gasteiger partial charge in [-0.1, -0.05) is 64.5 Å². The number of aliphatic carboxylic acids is 1. The van der Waals surface area contributed by atoms with Gasteiger partial charge in [0, 0.05) is 4.83 Å². The van der Waals surface area contributed by atoms with Gasteiger partial charge in [-0.2, -0.15) is 0 Å². The summed E-state index contributed by atoms with van der Waals surface area (Å²) in [5.74, 6) is -0.794. The van der Waals surface area contributed by atoms with E-state index >= 15 is 0 Å². The van der Waals surface area contributed by atoms with Gasteiger partial charge in [-0.3, -0.25) is 4.79 Å². The summed E-state index contributed by atoms with van der Waals surface area (Å²) in [7, 11) is 0. The highest BCUT2D eigenvalue weighted by Crippen LogP contribution is 2.20. The van der Waals surface area contributed by atoms with Gasteiger partial charge >= 0.3 is 5.97 Å². The summed E-state index contributed by atoms with van der Waals surface area (Å²) in [4.78, 5) is 10.1. The molecule has 13 heavy (non-hydrogen) atoms. The van der Waals surface area contributed by atoms with E-state index in [1.54, 1.807) is 0 Å². The number of carboxylic acid groups (broad SMARTS) is 1. The molecule has 0 rings (SSSR count). The predicted octanol–water partition coefficient (Wildman–Crippen LogP) is 3.57. The van der Waals surface area contributed by atoms with E-state index < -0.39 is 10.8 Å². The van der Waals surface area contributed by atoms with Crippen LogP contribution in [0.5, 0.6) is 0 Å².